The topological polar surface area (TPSA) is 29.1 Å². The SMILES string of the molecule is O=C(NC1Cc2ccccc2C1)c1c(F)ccc(Cl)c1F. The van der Waals surface area contributed by atoms with E-state index in [-0.39, 0.29) is 11.1 Å². The summed E-state index contributed by atoms with van der Waals surface area (Å²) < 4.78 is 27.5. The van der Waals surface area contributed by atoms with Crippen molar-refractivity contribution in [2.75, 3.05) is 0 Å². The minimum atomic E-state index is -1.02. The molecule has 21 heavy (non-hydrogen) atoms. The summed E-state index contributed by atoms with van der Waals surface area (Å²) in [4.78, 5) is 12.1. The van der Waals surface area contributed by atoms with Gasteiger partial charge in [0.25, 0.3) is 5.91 Å². The molecule has 0 radical (unpaired) electrons. The average Bonchev–Trinajstić information content (AvgIpc) is 2.85. The first-order valence-corrected chi connectivity index (χ1v) is 6.95. The molecule has 0 saturated heterocycles. The highest BCUT2D eigenvalue weighted by Gasteiger charge is 2.26. The van der Waals surface area contributed by atoms with Gasteiger partial charge in [-0.25, -0.2) is 8.78 Å². The molecule has 0 atom stereocenters. The second kappa shape index (κ2) is 5.45. The highest BCUT2D eigenvalue weighted by Crippen LogP contribution is 2.24. The van der Waals surface area contributed by atoms with Gasteiger partial charge in [0.15, 0.2) is 5.82 Å². The van der Waals surface area contributed by atoms with Crippen LogP contribution >= 0.6 is 11.6 Å². The summed E-state index contributed by atoms with van der Waals surface area (Å²) in [5.41, 5.74) is 1.67. The molecule has 0 aromatic heterocycles. The van der Waals surface area contributed by atoms with Crippen molar-refractivity contribution in [1.82, 2.24) is 5.32 Å². The molecule has 0 unspecified atom stereocenters. The van der Waals surface area contributed by atoms with Gasteiger partial charge in [-0.2, -0.15) is 0 Å². The Hall–Kier alpha value is -1.94. The van der Waals surface area contributed by atoms with Crippen molar-refractivity contribution in [2.24, 2.45) is 0 Å². The molecule has 2 aromatic carbocycles. The molecule has 1 aliphatic rings. The summed E-state index contributed by atoms with van der Waals surface area (Å²) in [6, 6.07) is 9.76. The van der Waals surface area contributed by atoms with E-state index >= 15 is 0 Å². The Balaban J connectivity index is 1.79. The minimum Gasteiger partial charge on any atom is -0.348 e. The quantitative estimate of drug-likeness (QED) is 0.845. The molecule has 108 valence electrons. The lowest BCUT2D eigenvalue weighted by Gasteiger charge is -2.13. The molecule has 1 aliphatic carbocycles. The fourth-order valence-electron chi connectivity index (χ4n) is 2.65. The van der Waals surface area contributed by atoms with E-state index in [4.69, 9.17) is 11.6 Å². The van der Waals surface area contributed by atoms with E-state index in [1.807, 2.05) is 24.3 Å². The van der Waals surface area contributed by atoms with Crippen LogP contribution < -0.4 is 5.32 Å². The lowest BCUT2D eigenvalue weighted by atomic mass is 10.1. The van der Waals surface area contributed by atoms with Crippen LogP contribution in [0.5, 0.6) is 0 Å². The normalized spacial score (nSPS) is 14.0. The molecule has 0 spiro atoms. The number of carbonyl (C=O) groups is 1. The molecule has 3 rings (SSSR count). The standard InChI is InChI=1S/C16H12ClF2NO/c17-12-5-6-13(18)14(15(12)19)16(21)20-11-7-9-3-1-2-4-10(9)8-11/h1-6,11H,7-8H2,(H,20,21). The molecular weight excluding hydrogens is 296 g/mol. The molecule has 2 nitrogen and oxygen atoms in total. The fraction of sp³-hybridized carbons (Fsp3) is 0.188. The van der Waals surface area contributed by atoms with Crippen LogP contribution in [-0.2, 0) is 12.8 Å². The number of benzene rings is 2. The van der Waals surface area contributed by atoms with Gasteiger partial charge in [0.1, 0.15) is 11.4 Å². The first-order chi connectivity index (χ1) is 10.1. The second-order valence-corrected chi connectivity index (χ2v) is 5.47. The maximum atomic E-state index is 13.8. The summed E-state index contributed by atoms with van der Waals surface area (Å²) in [7, 11) is 0. The molecule has 2 aromatic rings. The first kappa shape index (κ1) is 14.0. The Bertz CT molecular complexity index is 692. The summed E-state index contributed by atoms with van der Waals surface area (Å²) in [5.74, 6) is -2.71. The third-order valence-electron chi connectivity index (χ3n) is 3.66. The number of hydrogen-bond donors (Lipinski definition) is 1. The maximum absolute atomic E-state index is 13.8. The molecule has 0 aliphatic heterocycles. The maximum Gasteiger partial charge on any atom is 0.257 e. The van der Waals surface area contributed by atoms with Crippen LogP contribution in [0.1, 0.15) is 21.5 Å². The molecule has 0 bridgehead atoms. The largest absolute Gasteiger partial charge is 0.348 e. The van der Waals surface area contributed by atoms with Crippen LogP contribution in [0.3, 0.4) is 0 Å². The highest BCUT2D eigenvalue weighted by molar-refractivity contribution is 6.31. The average molecular weight is 308 g/mol. The van der Waals surface area contributed by atoms with E-state index in [0.717, 1.165) is 23.3 Å². The Morgan fingerprint density at radius 2 is 1.71 bits per heavy atom. The predicted molar refractivity (Wildman–Crippen MR) is 76.5 cm³/mol. The van der Waals surface area contributed by atoms with Gasteiger partial charge in [0.2, 0.25) is 0 Å². The zero-order chi connectivity index (χ0) is 15.0. The Morgan fingerprint density at radius 3 is 2.33 bits per heavy atom. The van der Waals surface area contributed by atoms with Crippen molar-refractivity contribution in [3.8, 4) is 0 Å². The van der Waals surface area contributed by atoms with E-state index in [9.17, 15) is 13.6 Å². The summed E-state index contributed by atoms with van der Waals surface area (Å²) in [6.45, 7) is 0. The van der Waals surface area contributed by atoms with Crippen LogP contribution in [0.25, 0.3) is 0 Å². The van der Waals surface area contributed by atoms with Crippen molar-refractivity contribution in [2.45, 2.75) is 18.9 Å². The van der Waals surface area contributed by atoms with E-state index in [1.165, 1.54) is 0 Å². The molecule has 0 heterocycles. The molecule has 0 fully saturated rings. The van der Waals surface area contributed by atoms with E-state index in [2.05, 4.69) is 5.32 Å². The third-order valence-corrected chi connectivity index (χ3v) is 3.95. The monoisotopic (exact) mass is 307 g/mol. The lowest BCUT2D eigenvalue weighted by Crippen LogP contribution is -2.36. The minimum absolute atomic E-state index is 0.160. The van der Waals surface area contributed by atoms with Gasteiger partial charge in [-0.3, -0.25) is 4.79 Å². The molecule has 1 N–H and O–H groups in total. The van der Waals surface area contributed by atoms with Crippen LogP contribution in [0.4, 0.5) is 8.78 Å². The van der Waals surface area contributed by atoms with Gasteiger partial charge in [0, 0.05) is 6.04 Å². The van der Waals surface area contributed by atoms with Gasteiger partial charge < -0.3 is 5.32 Å². The second-order valence-electron chi connectivity index (χ2n) is 5.07. The lowest BCUT2D eigenvalue weighted by molar-refractivity contribution is 0.0930. The van der Waals surface area contributed by atoms with Crippen LogP contribution in [0, 0.1) is 11.6 Å². The molecular formula is C16H12ClF2NO. The van der Waals surface area contributed by atoms with E-state index in [1.54, 1.807) is 0 Å². The number of nitrogens with one attached hydrogen (secondary N) is 1. The number of rotatable bonds is 2. The first-order valence-electron chi connectivity index (χ1n) is 6.57. The van der Waals surface area contributed by atoms with Crippen molar-refractivity contribution < 1.29 is 13.6 Å². The number of fused-ring (bicyclic) bond motifs is 1. The summed E-state index contributed by atoms with van der Waals surface area (Å²) in [5, 5.41) is 2.41. The number of hydrogen-bond acceptors (Lipinski definition) is 1. The van der Waals surface area contributed by atoms with Crippen molar-refractivity contribution in [1.29, 1.82) is 0 Å². The zero-order valence-electron chi connectivity index (χ0n) is 11.0. The molecule has 1 amide bonds. The third kappa shape index (κ3) is 2.63. The van der Waals surface area contributed by atoms with Crippen LogP contribution in [0.15, 0.2) is 36.4 Å². The van der Waals surface area contributed by atoms with E-state index < -0.39 is 23.1 Å². The van der Waals surface area contributed by atoms with Crippen molar-refractivity contribution >= 4 is 17.5 Å². The fourth-order valence-corrected chi connectivity index (χ4v) is 2.81. The number of amides is 1. The Kier molecular flexibility index (Phi) is 3.64. The summed E-state index contributed by atoms with van der Waals surface area (Å²) >= 11 is 5.60. The number of carbonyl (C=O) groups excluding carboxylic acids is 1. The molecule has 5 heteroatoms. The van der Waals surface area contributed by atoms with Gasteiger partial charge >= 0.3 is 0 Å². The van der Waals surface area contributed by atoms with E-state index in [0.29, 0.717) is 12.8 Å². The Labute approximate surface area is 125 Å². The van der Waals surface area contributed by atoms with Crippen molar-refractivity contribution in [3.63, 3.8) is 0 Å². The van der Waals surface area contributed by atoms with Gasteiger partial charge in [-0.15, -0.1) is 0 Å². The van der Waals surface area contributed by atoms with Crippen LogP contribution in [-0.4, -0.2) is 11.9 Å². The van der Waals surface area contributed by atoms with Gasteiger partial charge in [-0.05, 0) is 36.1 Å². The Morgan fingerprint density at radius 1 is 1.10 bits per heavy atom. The van der Waals surface area contributed by atoms with Crippen LogP contribution in [0.2, 0.25) is 5.02 Å². The van der Waals surface area contributed by atoms with Crippen molar-refractivity contribution in [3.05, 3.63) is 69.7 Å². The van der Waals surface area contributed by atoms with Gasteiger partial charge in [-0.1, -0.05) is 35.9 Å². The predicted octanol–water partition coefficient (Wildman–Crippen LogP) is 3.52. The molecule has 0 saturated carbocycles. The number of halogens is 3. The zero-order valence-corrected chi connectivity index (χ0v) is 11.8. The highest BCUT2D eigenvalue weighted by atomic mass is 35.5. The van der Waals surface area contributed by atoms with Gasteiger partial charge in [0.05, 0.1) is 5.02 Å². The smallest absolute Gasteiger partial charge is 0.257 e. The summed E-state index contributed by atoms with van der Waals surface area (Å²) in [6.07, 6.45) is 1.32.